The molecule has 0 spiro atoms. The van der Waals surface area contributed by atoms with Crippen LogP contribution in [0.2, 0.25) is 0 Å². The van der Waals surface area contributed by atoms with Crippen LogP contribution in [-0.2, 0) is 11.3 Å². The van der Waals surface area contributed by atoms with E-state index in [9.17, 15) is 0 Å². The molecule has 2 atom stereocenters. The lowest BCUT2D eigenvalue weighted by Crippen LogP contribution is -2.42. The lowest BCUT2D eigenvalue weighted by atomic mass is 10.0. The molecule has 1 fully saturated rings. The Morgan fingerprint density at radius 1 is 1.33 bits per heavy atom. The maximum Gasteiger partial charge on any atom is 0.0623 e. The summed E-state index contributed by atoms with van der Waals surface area (Å²) in [5, 5.41) is 3.62. The van der Waals surface area contributed by atoms with E-state index in [1.807, 2.05) is 0 Å². The molecular formula is C17H29N3O. The number of nitrogens with one attached hydrogen (secondary N) is 1. The van der Waals surface area contributed by atoms with E-state index in [4.69, 9.17) is 4.74 Å². The average molecular weight is 291 g/mol. The number of ether oxygens (including phenoxy) is 1. The lowest BCUT2D eigenvalue weighted by molar-refractivity contribution is 0.166. The third kappa shape index (κ3) is 5.06. The van der Waals surface area contributed by atoms with E-state index in [1.54, 1.807) is 0 Å². The minimum atomic E-state index is 0.504. The summed E-state index contributed by atoms with van der Waals surface area (Å²) >= 11 is 0. The molecule has 0 saturated carbocycles. The fourth-order valence-electron chi connectivity index (χ4n) is 2.89. The first-order valence-electron chi connectivity index (χ1n) is 8.19. The molecule has 1 N–H and O–H groups in total. The average Bonchev–Trinajstić information content (AvgIpc) is 2.91. The summed E-state index contributed by atoms with van der Waals surface area (Å²) in [5.41, 5.74) is 2.25. The molecule has 1 saturated heterocycles. The number of hydrogen-bond acceptors (Lipinski definition) is 4. The van der Waals surface area contributed by atoms with Crippen LogP contribution in [0.5, 0.6) is 0 Å². The minimum absolute atomic E-state index is 0.504. The van der Waals surface area contributed by atoms with Crippen LogP contribution in [0, 0.1) is 12.8 Å². The summed E-state index contributed by atoms with van der Waals surface area (Å²) in [6.07, 6.45) is 1.17. The van der Waals surface area contributed by atoms with Crippen molar-refractivity contribution >= 4 is 0 Å². The van der Waals surface area contributed by atoms with Gasteiger partial charge in [-0.25, -0.2) is 0 Å². The van der Waals surface area contributed by atoms with Crippen molar-refractivity contribution in [1.82, 2.24) is 15.2 Å². The molecule has 2 unspecified atom stereocenters. The first kappa shape index (κ1) is 16.4. The Labute approximate surface area is 128 Å². The van der Waals surface area contributed by atoms with Crippen molar-refractivity contribution in [3.05, 3.63) is 29.6 Å². The number of rotatable bonds is 8. The van der Waals surface area contributed by atoms with Gasteiger partial charge in [-0.05, 0) is 38.6 Å². The highest BCUT2D eigenvalue weighted by molar-refractivity contribution is 5.09. The van der Waals surface area contributed by atoms with Crippen molar-refractivity contribution in [1.29, 1.82) is 0 Å². The molecule has 2 heterocycles. The van der Waals surface area contributed by atoms with Gasteiger partial charge in [0.05, 0.1) is 18.9 Å². The SMILES string of the molecule is CCCNC1COCC1CN(CC)Cc1cccc(C)n1. The van der Waals surface area contributed by atoms with Crippen molar-refractivity contribution in [2.75, 3.05) is 32.8 Å². The number of pyridine rings is 1. The van der Waals surface area contributed by atoms with Crippen molar-refractivity contribution in [3.8, 4) is 0 Å². The number of hydrogen-bond donors (Lipinski definition) is 1. The molecule has 0 bridgehead atoms. The van der Waals surface area contributed by atoms with Crippen LogP contribution in [0.4, 0.5) is 0 Å². The van der Waals surface area contributed by atoms with Crippen LogP contribution in [0.15, 0.2) is 18.2 Å². The summed E-state index contributed by atoms with van der Waals surface area (Å²) in [4.78, 5) is 7.09. The van der Waals surface area contributed by atoms with Crippen molar-refractivity contribution in [3.63, 3.8) is 0 Å². The molecule has 4 nitrogen and oxygen atoms in total. The van der Waals surface area contributed by atoms with E-state index >= 15 is 0 Å². The van der Waals surface area contributed by atoms with Gasteiger partial charge in [0.1, 0.15) is 0 Å². The molecule has 1 aliphatic heterocycles. The van der Waals surface area contributed by atoms with E-state index in [0.29, 0.717) is 12.0 Å². The summed E-state index contributed by atoms with van der Waals surface area (Å²) < 4.78 is 5.68. The molecule has 1 aliphatic rings. The van der Waals surface area contributed by atoms with Crippen LogP contribution < -0.4 is 5.32 Å². The quantitative estimate of drug-likeness (QED) is 0.797. The van der Waals surface area contributed by atoms with Gasteiger partial charge in [0.2, 0.25) is 0 Å². The van der Waals surface area contributed by atoms with Crippen molar-refractivity contribution in [2.24, 2.45) is 5.92 Å². The van der Waals surface area contributed by atoms with Crippen LogP contribution in [-0.4, -0.2) is 48.8 Å². The fourth-order valence-corrected chi connectivity index (χ4v) is 2.89. The smallest absolute Gasteiger partial charge is 0.0623 e. The second-order valence-electron chi connectivity index (χ2n) is 5.96. The first-order valence-corrected chi connectivity index (χ1v) is 8.19. The van der Waals surface area contributed by atoms with Gasteiger partial charge in [0, 0.05) is 30.7 Å². The summed E-state index contributed by atoms with van der Waals surface area (Å²) in [5.74, 6) is 0.585. The highest BCUT2D eigenvalue weighted by Crippen LogP contribution is 2.16. The van der Waals surface area contributed by atoms with Crippen molar-refractivity contribution < 1.29 is 4.74 Å². The largest absolute Gasteiger partial charge is 0.379 e. The van der Waals surface area contributed by atoms with Gasteiger partial charge >= 0.3 is 0 Å². The second kappa shape index (κ2) is 8.47. The molecule has 0 radical (unpaired) electrons. The molecule has 0 aromatic carbocycles. The van der Waals surface area contributed by atoms with Gasteiger partial charge in [0.15, 0.2) is 0 Å². The van der Waals surface area contributed by atoms with Gasteiger partial charge in [0.25, 0.3) is 0 Å². The second-order valence-corrected chi connectivity index (χ2v) is 5.96. The fraction of sp³-hybridized carbons (Fsp3) is 0.706. The molecule has 0 amide bonds. The Balaban J connectivity index is 1.89. The van der Waals surface area contributed by atoms with Gasteiger partial charge in [-0.3, -0.25) is 9.88 Å². The Hall–Kier alpha value is -0.970. The van der Waals surface area contributed by atoms with E-state index in [0.717, 1.165) is 50.8 Å². The number of aromatic nitrogens is 1. The Morgan fingerprint density at radius 2 is 2.19 bits per heavy atom. The number of nitrogens with zero attached hydrogens (tertiary/aromatic N) is 2. The maximum absolute atomic E-state index is 5.68. The Kier molecular flexibility index (Phi) is 6.61. The zero-order valence-electron chi connectivity index (χ0n) is 13.6. The molecule has 0 aliphatic carbocycles. The molecule has 2 rings (SSSR count). The predicted molar refractivity (Wildman–Crippen MR) is 86.3 cm³/mol. The van der Waals surface area contributed by atoms with E-state index in [1.165, 1.54) is 6.42 Å². The third-order valence-corrected chi connectivity index (χ3v) is 4.13. The van der Waals surface area contributed by atoms with Gasteiger partial charge < -0.3 is 10.1 Å². The van der Waals surface area contributed by atoms with E-state index < -0.39 is 0 Å². The zero-order valence-corrected chi connectivity index (χ0v) is 13.6. The Morgan fingerprint density at radius 3 is 2.90 bits per heavy atom. The molecule has 1 aromatic rings. The monoisotopic (exact) mass is 291 g/mol. The topological polar surface area (TPSA) is 37.4 Å². The standard InChI is InChI=1S/C17H29N3O/c1-4-9-18-17-13-21-12-15(17)10-20(5-2)11-16-8-6-7-14(3)19-16/h6-8,15,17-18H,4-5,9-13H2,1-3H3. The summed E-state index contributed by atoms with van der Waals surface area (Å²) in [7, 11) is 0. The third-order valence-electron chi connectivity index (χ3n) is 4.13. The summed E-state index contributed by atoms with van der Waals surface area (Å²) in [6, 6.07) is 6.77. The van der Waals surface area contributed by atoms with Crippen molar-refractivity contribution in [2.45, 2.75) is 39.8 Å². The normalized spacial score (nSPS) is 22.1. The van der Waals surface area contributed by atoms with Gasteiger partial charge in [-0.2, -0.15) is 0 Å². The highest BCUT2D eigenvalue weighted by atomic mass is 16.5. The Bertz CT molecular complexity index is 424. The van der Waals surface area contributed by atoms with Crippen LogP contribution in [0.25, 0.3) is 0 Å². The highest BCUT2D eigenvalue weighted by Gasteiger charge is 2.29. The minimum Gasteiger partial charge on any atom is -0.379 e. The molecule has 118 valence electrons. The lowest BCUT2D eigenvalue weighted by Gasteiger charge is -2.27. The molecule has 1 aromatic heterocycles. The van der Waals surface area contributed by atoms with E-state index in [-0.39, 0.29) is 0 Å². The van der Waals surface area contributed by atoms with E-state index in [2.05, 4.69) is 54.2 Å². The van der Waals surface area contributed by atoms with Crippen LogP contribution in [0.3, 0.4) is 0 Å². The van der Waals surface area contributed by atoms with Gasteiger partial charge in [-0.1, -0.05) is 19.9 Å². The maximum atomic E-state index is 5.68. The van der Waals surface area contributed by atoms with Gasteiger partial charge in [-0.15, -0.1) is 0 Å². The molecule has 21 heavy (non-hydrogen) atoms. The van der Waals surface area contributed by atoms with Crippen LogP contribution >= 0.6 is 0 Å². The molecule has 4 heteroatoms. The first-order chi connectivity index (χ1) is 10.2. The predicted octanol–water partition coefficient (Wildman–Crippen LogP) is 2.23. The zero-order chi connectivity index (χ0) is 15.1. The number of aryl methyl sites for hydroxylation is 1. The van der Waals surface area contributed by atoms with Crippen LogP contribution in [0.1, 0.15) is 31.7 Å². The summed E-state index contributed by atoms with van der Waals surface area (Å²) in [6.45, 7) is 12.3. The molecular weight excluding hydrogens is 262 g/mol.